The van der Waals surface area contributed by atoms with Crippen LogP contribution in [0.2, 0.25) is 0 Å². The van der Waals surface area contributed by atoms with Gasteiger partial charge in [-0.3, -0.25) is 0 Å². The Hall–Kier alpha value is -1.95. The molecule has 6 heteroatoms. The highest BCUT2D eigenvalue weighted by atomic mass is 32.2. The maximum absolute atomic E-state index is 5.86. The number of ether oxygens (including phenoxy) is 2. The van der Waals surface area contributed by atoms with Crippen molar-refractivity contribution in [1.29, 1.82) is 0 Å². The van der Waals surface area contributed by atoms with Crippen LogP contribution < -0.4 is 14.8 Å². The van der Waals surface area contributed by atoms with E-state index in [0.29, 0.717) is 23.4 Å². The molecule has 1 aromatic carbocycles. The van der Waals surface area contributed by atoms with Crippen LogP contribution in [-0.4, -0.2) is 29.9 Å². The summed E-state index contributed by atoms with van der Waals surface area (Å²) in [6.45, 7) is 2.72. The summed E-state index contributed by atoms with van der Waals surface area (Å²) in [6.07, 6.45) is 2.87. The SMILES string of the molecule is CCCOc1ccccc1Oc1cc(NC)nc(SC)n1. The molecule has 0 spiro atoms. The van der Waals surface area contributed by atoms with Gasteiger partial charge >= 0.3 is 0 Å². The summed E-state index contributed by atoms with van der Waals surface area (Å²) in [5.74, 6) is 2.58. The molecule has 5 nitrogen and oxygen atoms in total. The van der Waals surface area contributed by atoms with Gasteiger partial charge in [0, 0.05) is 13.1 Å². The van der Waals surface area contributed by atoms with Crippen LogP contribution in [0.15, 0.2) is 35.5 Å². The van der Waals surface area contributed by atoms with Crippen molar-refractivity contribution >= 4 is 17.6 Å². The first kappa shape index (κ1) is 15.4. The van der Waals surface area contributed by atoms with E-state index in [9.17, 15) is 0 Å². The number of rotatable bonds is 7. The monoisotopic (exact) mass is 305 g/mol. The van der Waals surface area contributed by atoms with Crippen molar-refractivity contribution in [3.8, 4) is 17.4 Å². The van der Waals surface area contributed by atoms with Gasteiger partial charge in [0.1, 0.15) is 5.82 Å². The first-order valence-corrected chi connectivity index (χ1v) is 7.99. The molecule has 0 saturated carbocycles. The number of anilines is 1. The Morgan fingerprint density at radius 3 is 2.62 bits per heavy atom. The van der Waals surface area contributed by atoms with Gasteiger partial charge in [-0.2, -0.15) is 4.98 Å². The molecule has 0 aliphatic rings. The quantitative estimate of drug-likeness (QED) is 0.620. The Kier molecular flexibility index (Phi) is 5.68. The first-order chi connectivity index (χ1) is 10.3. The van der Waals surface area contributed by atoms with Gasteiger partial charge in [-0.25, -0.2) is 4.98 Å². The molecular weight excluding hydrogens is 286 g/mol. The summed E-state index contributed by atoms with van der Waals surface area (Å²) in [5, 5.41) is 3.66. The molecule has 0 fully saturated rings. The third kappa shape index (κ3) is 4.26. The minimum atomic E-state index is 0.492. The first-order valence-electron chi connectivity index (χ1n) is 6.77. The van der Waals surface area contributed by atoms with Crippen molar-refractivity contribution < 1.29 is 9.47 Å². The zero-order valence-corrected chi connectivity index (χ0v) is 13.2. The van der Waals surface area contributed by atoms with E-state index in [4.69, 9.17) is 9.47 Å². The number of hydrogen-bond donors (Lipinski definition) is 1. The molecule has 0 aliphatic carbocycles. The third-order valence-electron chi connectivity index (χ3n) is 2.65. The third-order valence-corrected chi connectivity index (χ3v) is 3.19. The van der Waals surface area contributed by atoms with Gasteiger partial charge in [-0.05, 0) is 24.8 Å². The van der Waals surface area contributed by atoms with E-state index in [0.717, 1.165) is 18.0 Å². The standard InChI is InChI=1S/C15H19N3O2S/c1-4-9-19-11-7-5-6-8-12(11)20-14-10-13(16-2)17-15(18-14)21-3/h5-8,10H,4,9H2,1-3H3,(H,16,17,18). The zero-order valence-electron chi connectivity index (χ0n) is 12.4. The molecule has 0 radical (unpaired) electrons. The molecule has 0 amide bonds. The summed E-state index contributed by atoms with van der Waals surface area (Å²) in [6, 6.07) is 9.34. The Morgan fingerprint density at radius 2 is 1.95 bits per heavy atom. The van der Waals surface area contributed by atoms with Crippen LogP contribution >= 0.6 is 11.8 Å². The topological polar surface area (TPSA) is 56.3 Å². The number of hydrogen-bond acceptors (Lipinski definition) is 6. The van der Waals surface area contributed by atoms with Crippen LogP contribution in [0.25, 0.3) is 0 Å². The van der Waals surface area contributed by atoms with Gasteiger partial charge < -0.3 is 14.8 Å². The lowest BCUT2D eigenvalue weighted by Gasteiger charge is -2.12. The van der Waals surface area contributed by atoms with Crippen molar-refractivity contribution in [2.24, 2.45) is 0 Å². The summed E-state index contributed by atoms with van der Waals surface area (Å²) in [7, 11) is 1.81. The lowest BCUT2D eigenvalue weighted by atomic mass is 10.3. The van der Waals surface area contributed by atoms with Crippen LogP contribution in [-0.2, 0) is 0 Å². The fourth-order valence-corrected chi connectivity index (χ4v) is 2.02. The number of nitrogens with zero attached hydrogens (tertiary/aromatic N) is 2. The Bertz CT molecular complexity index is 571. The van der Waals surface area contributed by atoms with Gasteiger partial charge in [0.2, 0.25) is 5.88 Å². The van der Waals surface area contributed by atoms with Gasteiger partial charge in [-0.15, -0.1) is 0 Å². The van der Waals surface area contributed by atoms with E-state index in [1.807, 2.05) is 37.6 Å². The second-order valence-electron chi connectivity index (χ2n) is 4.23. The summed E-state index contributed by atoms with van der Waals surface area (Å²) < 4.78 is 11.5. The molecular formula is C15H19N3O2S. The molecule has 2 rings (SSSR count). The lowest BCUT2D eigenvalue weighted by Crippen LogP contribution is -2.00. The average molecular weight is 305 g/mol. The molecule has 0 saturated heterocycles. The van der Waals surface area contributed by atoms with Crippen molar-refractivity contribution in [2.45, 2.75) is 18.5 Å². The van der Waals surface area contributed by atoms with Gasteiger partial charge in [-0.1, -0.05) is 30.8 Å². The number of benzene rings is 1. The fourth-order valence-electron chi connectivity index (χ4n) is 1.65. The van der Waals surface area contributed by atoms with E-state index in [-0.39, 0.29) is 0 Å². The Labute approximate surface area is 129 Å². The fraction of sp³-hybridized carbons (Fsp3) is 0.333. The number of thioether (sulfide) groups is 1. The molecule has 112 valence electrons. The minimum Gasteiger partial charge on any atom is -0.490 e. The van der Waals surface area contributed by atoms with E-state index >= 15 is 0 Å². The van der Waals surface area contributed by atoms with Crippen molar-refractivity contribution in [3.05, 3.63) is 30.3 Å². The lowest BCUT2D eigenvalue weighted by molar-refractivity contribution is 0.300. The van der Waals surface area contributed by atoms with Crippen LogP contribution in [0, 0.1) is 0 Å². The molecule has 1 N–H and O–H groups in total. The summed E-state index contributed by atoms with van der Waals surface area (Å²) in [4.78, 5) is 8.66. The van der Waals surface area contributed by atoms with Crippen molar-refractivity contribution in [3.63, 3.8) is 0 Å². The molecule has 0 atom stereocenters. The highest BCUT2D eigenvalue weighted by Crippen LogP contribution is 2.31. The zero-order chi connectivity index (χ0) is 15.1. The largest absolute Gasteiger partial charge is 0.490 e. The molecule has 2 aromatic rings. The predicted molar refractivity (Wildman–Crippen MR) is 85.7 cm³/mol. The van der Waals surface area contributed by atoms with Crippen molar-refractivity contribution in [1.82, 2.24) is 9.97 Å². The van der Waals surface area contributed by atoms with E-state index in [1.165, 1.54) is 11.8 Å². The summed E-state index contributed by atoms with van der Waals surface area (Å²) >= 11 is 1.47. The van der Waals surface area contributed by atoms with Crippen LogP contribution in [0.4, 0.5) is 5.82 Å². The molecule has 21 heavy (non-hydrogen) atoms. The van der Waals surface area contributed by atoms with Crippen molar-refractivity contribution in [2.75, 3.05) is 25.2 Å². The van der Waals surface area contributed by atoms with E-state index < -0.39 is 0 Å². The number of para-hydroxylation sites is 2. The normalized spacial score (nSPS) is 10.2. The Balaban J connectivity index is 2.25. The maximum Gasteiger partial charge on any atom is 0.225 e. The van der Waals surface area contributed by atoms with Crippen LogP contribution in [0.3, 0.4) is 0 Å². The predicted octanol–water partition coefficient (Wildman–Crippen LogP) is 3.82. The second-order valence-corrected chi connectivity index (χ2v) is 5.00. The minimum absolute atomic E-state index is 0.492. The second kappa shape index (κ2) is 7.73. The molecule has 1 aromatic heterocycles. The maximum atomic E-state index is 5.86. The van der Waals surface area contributed by atoms with Gasteiger partial charge in [0.25, 0.3) is 0 Å². The highest BCUT2D eigenvalue weighted by molar-refractivity contribution is 7.98. The molecule has 0 aliphatic heterocycles. The van der Waals surface area contributed by atoms with Crippen LogP contribution in [0.5, 0.6) is 17.4 Å². The number of aromatic nitrogens is 2. The average Bonchev–Trinajstić information content (AvgIpc) is 2.53. The van der Waals surface area contributed by atoms with Gasteiger partial charge in [0.15, 0.2) is 16.7 Å². The van der Waals surface area contributed by atoms with Crippen LogP contribution in [0.1, 0.15) is 13.3 Å². The highest BCUT2D eigenvalue weighted by Gasteiger charge is 2.09. The molecule has 0 bridgehead atoms. The van der Waals surface area contributed by atoms with E-state index in [2.05, 4.69) is 22.2 Å². The molecule has 1 heterocycles. The Morgan fingerprint density at radius 1 is 1.19 bits per heavy atom. The smallest absolute Gasteiger partial charge is 0.225 e. The summed E-state index contributed by atoms with van der Waals surface area (Å²) in [5.41, 5.74) is 0. The molecule has 0 unspecified atom stereocenters. The number of nitrogens with one attached hydrogen (secondary N) is 1. The van der Waals surface area contributed by atoms with Gasteiger partial charge in [0.05, 0.1) is 6.61 Å². The van der Waals surface area contributed by atoms with E-state index in [1.54, 1.807) is 6.07 Å².